The van der Waals surface area contributed by atoms with Crippen LogP contribution < -0.4 is 14.8 Å². The van der Waals surface area contributed by atoms with E-state index in [-0.39, 0.29) is 25.8 Å². The van der Waals surface area contributed by atoms with Gasteiger partial charge in [0.15, 0.2) is 11.5 Å². The fraction of sp³-hybridized carbons (Fsp3) is 0.579. The lowest BCUT2D eigenvalue weighted by Gasteiger charge is -2.35. The van der Waals surface area contributed by atoms with Gasteiger partial charge in [-0.25, -0.2) is 0 Å². The molecular formula is C19H26N2O5. The first-order chi connectivity index (χ1) is 12.5. The second-order valence-corrected chi connectivity index (χ2v) is 7.18. The Kier molecular flexibility index (Phi) is 5.98. The van der Waals surface area contributed by atoms with Crippen molar-refractivity contribution < 1.29 is 24.2 Å². The van der Waals surface area contributed by atoms with Crippen molar-refractivity contribution in [3.8, 4) is 11.5 Å². The number of benzene rings is 1. The number of amides is 1. The number of carbonyl (C=O) groups excluding carboxylic acids is 1. The van der Waals surface area contributed by atoms with Crippen LogP contribution in [0.1, 0.15) is 38.2 Å². The third-order valence-electron chi connectivity index (χ3n) is 5.11. The molecule has 1 aliphatic carbocycles. The molecule has 0 spiro atoms. The van der Waals surface area contributed by atoms with Crippen molar-refractivity contribution in [3.63, 3.8) is 0 Å². The summed E-state index contributed by atoms with van der Waals surface area (Å²) in [6.45, 7) is 2.97. The van der Waals surface area contributed by atoms with Crippen LogP contribution in [0.5, 0.6) is 11.5 Å². The monoisotopic (exact) mass is 362 g/mol. The standard InChI is InChI=1S/C19H26N2O5/c1-13-2-5-15(6-3-13)21(11-18(22)20-9-19(23)24)10-14-4-7-16-17(8-14)26-12-25-16/h4,7-8,13,15H,2-3,5-6,9-12H2,1H3,(H,20,22)(H,23,24). The average molecular weight is 362 g/mol. The van der Waals surface area contributed by atoms with Crippen LogP contribution in [0.2, 0.25) is 0 Å². The third kappa shape index (κ3) is 4.88. The predicted octanol–water partition coefficient (Wildman–Crippen LogP) is 2.00. The highest BCUT2D eigenvalue weighted by atomic mass is 16.7. The molecule has 7 nitrogen and oxygen atoms in total. The zero-order chi connectivity index (χ0) is 18.5. The topological polar surface area (TPSA) is 88.1 Å². The van der Waals surface area contributed by atoms with Crippen molar-refractivity contribution in [2.45, 2.75) is 45.2 Å². The van der Waals surface area contributed by atoms with Crippen molar-refractivity contribution in [3.05, 3.63) is 23.8 Å². The molecule has 0 aromatic heterocycles. The molecule has 26 heavy (non-hydrogen) atoms. The first-order valence-electron chi connectivity index (χ1n) is 9.12. The average Bonchev–Trinajstić information content (AvgIpc) is 3.08. The number of fused-ring (bicyclic) bond motifs is 1. The van der Waals surface area contributed by atoms with E-state index in [0.29, 0.717) is 12.6 Å². The molecule has 1 amide bonds. The minimum absolute atomic E-state index is 0.195. The van der Waals surface area contributed by atoms with Gasteiger partial charge in [-0.2, -0.15) is 0 Å². The molecule has 1 heterocycles. The molecule has 1 fully saturated rings. The maximum atomic E-state index is 12.2. The molecule has 7 heteroatoms. The van der Waals surface area contributed by atoms with Crippen LogP contribution in [0.3, 0.4) is 0 Å². The zero-order valence-electron chi connectivity index (χ0n) is 15.1. The SMILES string of the molecule is CC1CCC(N(CC(=O)NCC(=O)O)Cc2ccc3c(c2)OCO3)CC1. The fourth-order valence-corrected chi connectivity index (χ4v) is 3.61. The Labute approximate surface area is 153 Å². The van der Waals surface area contributed by atoms with Crippen molar-refractivity contribution in [1.29, 1.82) is 0 Å². The molecule has 3 rings (SSSR count). The molecule has 0 bridgehead atoms. The lowest BCUT2D eigenvalue weighted by atomic mass is 9.86. The van der Waals surface area contributed by atoms with Gasteiger partial charge in [0.1, 0.15) is 6.54 Å². The van der Waals surface area contributed by atoms with Gasteiger partial charge in [0.25, 0.3) is 0 Å². The number of rotatable bonds is 7. The summed E-state index contributed by atoms with van der Waals surface area (Å²) in [6, 6.07) is 6.16. The Morgan fingerprint density at radius 2 is 1.92 bits per heavy atom. The number of ether oxygens (including phenoxy) is 2. The fourth-order valence-electron chi connectivity index (χ4n) is 3.61. The Morgan fingerprint density at radius 3 is 2.65 bits per heavy atom. The van der Waals surface area contributed by atoms with E-state index in [1.165, 1.54) is 0 Å². The summed E-state index contributed by atoms with van der Waals surface area (Å²) in [4.78, 5) is 25.0. The molecule has 1 aromatic carbocycles. The van der Waals surface area contributed by atoms with E-state index in [4.69, 9.17) is 14.6 Å². The maximum Gasteiger partial charge on any atom is 0.322 e. The van der Waals surface area contributed by atoms with E-state index < -0.39 is 5.97 Å². The van der Waals surface area contributed by atoms with Crippen LogP contribution in [0.25, 0.3) is 0 Å². The van der Waals surface area contributed by atoms with Gasteiger partial charge in [-0.05, 0) is 49.3 Å². The largest absolute Gasteiger partial charge is 0.480 e. The number of aliphatic carboxylic acids is 1. The molecule has 0 atom stereocenters. The number of carboxylic acid groups (broad SMARTS) is 1. The molecule has 1 aliphatic heterocycles. The van der Waals surface area contributed by atoms with E-state index in [1.807, 2.05) is 18.2 Å². The summed E-state index contributed by atoms with van der Waals surface area (Å²) in [6.07, 6.45) is 4.41. The van der Waals surface area contributed by atoms with E-state index in [1.54, 1.807) is 0 Å². The molecule has 1 saturated carbocycles. The number of carbonyl (C=O) groups is 2. The number of hydrogen-bond donors (Lipinski definition) is 2. The molecule has 0 radical (unpaired) electrons. The van der Waals surface area contributed by atoms with Crippen molar-refractivity contribution in [1.82, 2.24) is 10.2 Å². The lowest BCUT2D eigenvalue weighted by Crippen LogP contribution is -2.44. The van der Waals surface area contributed by atoms with Gasteiger partial charge in [0.2, 0.25) is 12.7 Å². The van der Waals surface area contributed by atoms with Crippen LogP contribution >= 0.6 is 0 Å². The summed E-state index contributed by atoms with van der Waals surface area (Å²) in [5, 5.41) is 11.2. The second kappa shape index (κ2) is 8.40. The highest BCUT2D eigenvalue weighted by Gasteiger charge is 2.26. The van der Waals surface area contributed by atoms with Gasteiger partial charge in [0.05, 0.1) is 6.54 Å². The van der Waals surface area contributed by atoms with E-state index in [0.717, 1.165) is 48.7 Å². The predicted molar refractivity (Wildman–Crippen MR) is 95.0 cm³/mol. The van der Waals surface area contributed by atoms with Crippen LogP contribution in [0, 0.1) is 5.92 Å². The molecule has 1 aromatic rings. The van der Waals surface area contributed by atoms with Gasteiger partial charge in [0, 0.05) is 12.6 Å². The van der Waals surface area contributed by atoms with Gasteiger partial charge < -0.3 is 19.9 Å². The van der Waals surface area contributed by atoms with Crippen LogP contribution in [0.4, 0.5) is 0 Å². The number of nitrogens with one attached hydrogen (secondary N) is 1. The lowest BCUT2D eigenvalue weighted by molar-refractivity contribution is -0.138. The first-order valence-corrected chi connectivity index (χ1v) is 9.12. The Hall–Kier alpha value is -2.28. The van der Waals surface area contributed by atoms with E-state index in [9.17, 15) is 9.59 Å². The molecule has 0 unspecified atom stereocenters. The van der Waals surface area contributed by atoms with Crippen LogP contribution in [0.15, 0.2) is 18.2 Å². The Bertz CT molecular complexity index is 655. The third-order valence-corrected chi connectivity index (χ3v) is 5.11. The van der Waals surface area contributed by atoms with Crippen LogP contribution in [-0.2, 0) is 16.1 Å². The molecule has 142 valence electrons. The zero-order valence-corrected chi connectivity index (χ0v) is 15.1. The minimum atomic E-state index is -1.04. The second-order valence-electron chi connectivity index (χ2n) is 7.18. The highest BCUT2D eigenvalue weighted by Crippen LogP contribution is 2.34. The Morgan fingerprint density at radius 1 is 1.19 bits per heavy atom. The molecule has 0 saturated heterocycles. The summed E-state index contributed by atoms with van der Waals surface area (Å²) in [7, 11) is 0. The molecule has 2 aliphatic rings. The maximum absolute atomic E-state index is 12.2. The van der Waals surface area contributed by atoms with E-state index in [2.05, 4.69) is 17.1 Å². The number of hydrogen-bond acceptors (Lipinski definition) is 5. The van der Waals surface area contributed by atoms with Crippen molar-refractivity contribution >= 4 is 11.9 Å². The quantitative estimate of drug-likeness (QED) is 0.771. The number of nitrogens with zero attached hydrogens (tertiary/aromatic N) is 1. The minimum Gasteiger partial charge on any atom is -0.480 e. The summed E-state index contributed by atoms with van der Waals surface area (Å²) >= 11 is 0. The summed E-state index contributed by atoms with van der Waals surface area (Å²) < 4.78 is 10.8. The van der Waals surface area contributed by atoms with Gasteiger partial charge in [-0.1, -0.05) is 13.0 Å². The number of carboxylic acids is 1. The highest BCUT2D eigenvalue weighted by molar-refractivity contribution is 5.82. The Balaban J connectivity index is 1.67. The van der Waals surface area contributed by atoms with Crippen molar-refractivity contribution in [2.24, 2.45) is 5.92 Å². The van der Waals surface area contributed by atoms with E-state index >= 15 is 0 Å². The van der Waals surface area contributed by atoms with Gasteiger partial charge in [-0.3, -0.25) is 14.5 Å². The smallest absolute Gasteiger partial charge is 0.322 e. The molecule has 2 N–H and O–H groups in total. The first kappa shape index (κ1) is 18.5. The normalized spacial score (nSPS) is 21.6. The van der Waals surface area contributed by atoms with Gasteiger partial charge >= 0.3 is 5.97 Å². The summed E-state index contributed by atoms with van der Waals surface area (Å²) in [5.74, 6) is 0.902. The summed E-state index contributed by atoms with van der Waals surface area (Å²) in [5.41, 5.74) is 1.05. The van der Waals surface area contributed by atoms with Gasteiger partial charge in [-0.15, -0.1) is 0 Å². The molecular weight excluding hydrogens is 336 g/mol. The van der Waals surface area contributed by atoms with Crippen LogP contribution in [-0.4, -0.2) is 47.8 Å². The van der Waals surface area contributed by atoms with Crippen molar-refractivity contribution in [2.75, 3.05) is 19.9 Å².